The third kappa shape index (κ3) is 4.54. The lowest BCUT2D eigenvalue weighted by atomic mass is 10.3. The van der Waals surface area contributed by atoms with Crippen LogP contribution in [0.4, 0.5) is 0 Å². The Morgan fingerprint density at radius 1 is 1.48 bits per heavy atom. The Labute approximate surface area is 126 Å². The third-order valence-corrected chi connectivity index (χ3v) is 5.00. The summed E-state index contributed by atoms with van der Waals surface area (Å²) in [4.78, 5) is 0.263. The van der Waals surface area contributed by atoms with Gasteiger partial charge >= 0.3 is 0 Å². The molecule has 1 aliphatic carbocycles. The fourth-order valence-electron chi connectivity index (χ4n) is 2.15. The van der Waals surface area contributed by atoms with E-state index in [-0.39, 0.29) is 10.9 Å². The lowest BCUT2D eigenvalue weighted by molar-refractivity contribution is 0.129. The van der Waals surface area contributed by atoms with E-state index < -0.39 is 10.0 Å². The molecule has 0 unspecified atom stereocenters. The van der Waals surface area contributed by atoms with Gasteiger partial charge in [-0.1, -0.05) is 0 Å². The minimum atomic E-state index is -3.50. The van der Waals surface area contributed by atoms with Gasteiger partial charge in [0, 0.05) is 37.6 Å². The Kier molecular flexibility index (Phi) is 5.43. The molecule has 6 nitrogen and oxygen atoms in total. The molecule has 0 radical (unpaired) electrons. The Balaban J connectivity index is 1.91. The van der Waals surface area contributed by atoms with Gasteiger partial charge in [-0.05, 0) is 38.7 Å². The lowest BCUT2D eigenvalue weighted by Gasteiger charge is -2.10. The molecule has 1 saturated carbocycles. The van der Waals surface area contributed by atoms with Gasteiger partial charge in [0.15, 0.2) is 0 Å². The van der Waals surface area contributed by atoms with Crippen molar-refractivity contribution in [3.8, 4) is 0 Å². The monoisotopic (exact) mass is 315 g/mol. The molecule has 1 fully saturated rings. The number of hydrogen-bond acceptors (Lipinski definition) is 4. The van der Waals surface area contributed by atoms with E-state index in [0.717, 1.165) is 12.3 Å². The van der Waals surface area contributed by atoms with E-state index in [2.05, 4.69) is 4.72 Å². The van der Waals surface area contributed by atoms with Crippen molar-refractivity contribution in [2.45, 2.75) is 44.2 Å². The first-order chi connectivity index (χ1) is 9.94. The maximum absolute atomic E-state index is 12.2. The largest absolute Gasteiger partial charge is 0.380 e. The van der Waals surface area contributed by atoms with Crippen LogP contribution in [0.1, 0.15) is 38.4 Å². The Bertz CT molecular complexity index is 562. The van der Waals surface area contributed by atoms with Crippen molar-refractivity contribution in [3.05, 3.63) is 18.0 Å². The minimum Gasteiger partial charge on any atom is -0.380 e. The van der Waals surface area contributed by atoms with E-state index in [1.165, 1.54) is 12.8 Å². The molecule has 0 bridgehead atoms. The maximum atomic E-state index is 12.2. The second kappa shape index (κ2) is 6.91. The fourth-order valence-corrected chi connectivity index (χ4v) is 3.22. The topological polar surface area (TPSA) is 86.3 Å². The summed E-state index contributed by atoms with van der Waals surface area (Å²) >= 11 is 0. The van der Waals surface area contributed by atoms with Crippen LogP contribution in [0.5, 0.6) is 0 Å². The fraction of sp³-hybridized carbons (Fsp3) is 0.714. The lowest BCUT2D eigenvalue weighted by Crippen LogP contribution is -2.27. The molecule has 120 valence electrons. The molecular formula is C14H25N3O3S. The molecule has 1 heterocycles. The third-order valence-electron chi connectivity index (χ3n) is 3.57. The molecule has 1 aromatic heterocycles. The first kappa shape index (κ1) is 16.5. The number of nitrogens with one attached hydrogen (secondary N) is 1. The van der Waals surface area contributed by atoms with Crippen molar-refractivity contribution in [1.82, 2.24) is 9.29 Å². The molecule has 0 amide bonds. The first-order valence-corrected chi connectivity index (χ1v) is 8.90. The molecule has 0 aromatic carbocycles. The number of aromatic nitrogens is 1. The zero-order chi connectivity index (χ0) is 15.5. The molecule has 1 aromatic rings. The van der Waals surface area contributed by atoms with Crippen molar-refractivity contribution >= 4 is 10.0 Å². The van der Waals surface area contributed by atoms with E-state index in [4.69, 9.17) is 10.5 Å². The molecule has 7 heteroatoms. The summed E-state index contributed by atoms with van der Waals surface area (Å²) in [5.74, 6) is 0.689. The number of rotatable bonds is 9. The van der Waals surface area contributed by atoms with Gasteiger partial charge in [0.1, 0.15) is 0 Å². The zero-order valence-electron chi connectivity index (χ0n) is 12.7. The van der Waals surface area contributed by atoms with E-state index in [1.807, 2.05) is 18.4 Å². The molecule has 3 N–H and O–H groups in total. The van der Waals surface area contributed by atoms with Gasteiger partial charge in [-0.2, -0.15) is 0 Å². The highest BCUT2D eigenvalue weighted by Gasteiger charge is 2.21. The highest BCUT2D eigenvalue weighted by atomic mass is 32.2. The average Bonchev–Trinajstić information content (AvgIpc) is 3.13. The van der Waals surface area contributed by atoms with Gasteiger partial charge in [0.05, 0.1) is 11.5 Å². The van der Waals surface area contributed by atoms with Crippen LogP contribution in [0.15, 0.2) is 17.2 Å². The van der Waals surface area contributed by atoms with Gasteiger partial charge in [0.2, 0.25) is 10.0 Å². The normalized spacial score (nSPS) is 15.8. The van der Waals surface area contributed by atoms with Crippen LogP contribution in [0.25, 0.3) is 0 Å². The van der Waals surface area contributed by atoms with Gasteiger partial charge in [-0.25, -0.2) is 13.1 Å². The van der Waals surface area contributed by atoms with Crippen molar-refractivity contribution in [2.75, 3.05) is 19.8 Å². The molecule has 1 aliphatic rings. The van der Waals surface area contributed by atoms with Crippen molar-refractivity contribution in [2.24, 2.45) is 11.7 Å². The van der Waals surface area contributed by atoms with Crippen molar-refractivity contribution in [3.63, 3.8) is 0 Å². The predicted octanol–water partition coefficient (Wildman–Crippen LogP) is 1.23. The number of sulfonamides is 1. The molecule has 0 aliphatic heterocycles. The molecule has 0 atom stereocenters. The Morgan fingerprint density at radius 3 is 2.71 bits per heavy atom. The highest BCUT2D eigenvalue weighted by molar-refractivity contribution is 7.89. The Hall–Kier alpha value is -0.890. The second-order valence-electron chi connectivity index (χ2n) is 5.79. The van der Waals surface area contributed by atoms with Crippen LogP contribution in [0.3, 0.4) is 0 Å². The van der Waals surface area contributed by atoms with Crippen LogP contribution in [0, 0.1) is 5.92 Å². The van der Waals surface area contributed by atoms with Crippen LogP contribution in [-0.4, -0.2) is 32.7 Å². The summed E-state index contributed by atoms with van der Waals surface area (Å²) in [7, 11) is -3.50. The number of nitrogens with zero attached hydrogens (tertiary/aromatic N) is 1. The number of ether oxygens (including phenoxy) is 1. The van der Waals surface area contributed by atoms with Gasteiger partial charge in [0.25, 0.3) is 0 Å². The number of hydrogen-bond donors (Lipinski definition) is 2. The van der Waals surface area contributed by atoms with Crippen LogP contribution in [0.2, 0.25) is 0 Å². The van der Waals surface area contributed by atoms with Crippen LogP contribution < -0.4 is 10.5 Å². The smallest absolute Gasteiger partial charge is 0.242 e. The first-order valence-electron chi connectivity index (χ1n) is 7.42. The summed E-state index contributed by atoms with van der Waals surface area (Å²) in [6, 6.07) is 1.81. The van der Waals surface area contributed by atoms with Crippen LogP contribution in [-0.2, 0) is 21.3 Å². The van der Waals surface area contributed by atoms with E-state index in [9.17, 15) is 8.42 Å². The second-order valence-corrected chi connectivity index (χ2v) is 7.56. The highest BCUT2D eigenvalue weighted by Crippen LogP contribution is 2.28. The Morgan fingerprint density at radius 2 is 2.19 bits per heavy atom. The van der Waals surface area contributed by atoms with Crippen LogP contribution >= 0.6 is 0 Å². The van der Waals surface area contributed by atoms with E-state index in [1.54, 1.807) is 12.3 Å². The average molecular weight is 315 g/mol. The van der Waals surface area contributed by atoms with Gasteiger partial charge in [-0.15, -0.1) is 0 Å². The molecule has 2 rings (SSSR count). The summed E-state index contributed by atoms with van der Waals surface area (Å²) in [5.41, 5.74) is 6.48. The van der Waals surface area contributed by atoms with E-state index in [0.29, 0.717) is 25.6 Å². The summed E-state index contributed by atoms with van der Waals surface area (Å²) < 4.78 is 34.3. The van der Waals surface area contributed by atoms with Crippen molar-refractivity contribution < 1.29 is 13.2 Å². The summed E-state index contributed by atoms with van der Waals surface area (Å²) in [6.07, 6.45) is 4.10. The van der Waals surface area contributed by atoms with E-state index >= 15 is 0 Å². The van der Waals surface area contributed by atoms with Gasteiger partial charge < -0.3 is 15.0 Å². The molecular weight excluding hydrogens is 290 g/mol. The predicted molar refractivity (Wildman–Crippen MR) is 81.4 cm³/mol. The summed E-state index contributed by atoms with van der Waals surface area (Å²) in [6.45, 7) is 5.74. The number of nitrogens with two attached hydrogens (primary N) is 1. The standard InChI is InChI=1S/C14H25N3O3S/c1-11(2)17-9-14(7-13(17)8-15)21(18,19)16-5-6-20-10-12-3-4-12/h7,9,11-12,16H,3-6,8,10,15H2,1-2H3. The zero-order valence-corrected chi connectivity index (χ0v) is 13.5. The molecule has 21 heavy (non-hydrogen) atoms. The minimum absolute atomic E-state index is 0.175. The quantitative estimate of drug-likeness (QED) is 0.671. The SMILES string of the molecule is CC(C)n1cc(S(=O)(=O)NCCOCC2CC2)cc1CN. The van der Waals surface area contributed by atoms with Gasteiger partial charge in [-0.3, -0.25) is 0 Å². The molecule has 0 saturated heterocycles. The van der Waals surface area contributed by atoms with Crippen molar-refractivity contribution in [1.29, 1.82) is 0 Å². The maximum Gasteiger partial charge on any atom is 0.242 e. The summed E-state index contributed by atoms with van der Waals surface area (Å²) in [5, 5.41) is 0. The molecule has 0 spiro atoms.